The molecule has 14 heavy (non-hydrogen) atoms. The number of pyridine rings is 1. The van der Waals surface area contributed by atoms with Crippen LogP contribution in [0.1, 0.15) is 5.56 Å². The lowest BCUT2D eigenvalue weighted by Crippen LogP contribution is -2.06. The number of rotatable bonds is 4. The Balaban J connectivity index is 2.42. The zero-order chi connectivity index (χ0) is 10.4. The van der Waals surface area contributed by atoms with Crippen LogP contribution >= 0.6 is 0 Å². The highest BCUT2D eigenvalue weighted by Crippen LogP contribution is 2.08. The van der Waals surface area contributed by atoms with E-state index in [2.05, 4.69) is 11.6 Å². The molecule has 4 heteroatoms. The number of nitrogens with two attached hydrogens (primary N) is 1. The lowest BCUT2D eigenvalue weighted by molar-refractivity contribution is -0.137. The van der Waals surface area contributed by atoms with E-state index in [1.54, 1.807) is 18.5 Å². The smallest absolute Gasteiger partial charge is 0.330 e. The minimum atomic E-state index is -0.419. The summed E-state index contributed by atoms with van der Waals surface area (Å²) in [5, 5.41) is 0. The Morgan fingerprint density at radius 2 is 2.50 bits per heavy atom. The molecule has 0 aliphatic rings. The minimum absolute atomic E-state index is 0.305. The van der Waals surface area contributed by atoms with Crippen molar-refractivity contribution in [3.63, 3.8) is 0 Å². The van der Waals surface area contributed by atoms with Crippen molar-refractivity contribution in [2.24, 2.45) is 0 Å². The lowest BCUT2D eigenvalue weighted by atomic mass is 10.2. The Bertz CT molecular complexity index is 337. The van der Waals surface area contributed by atoms with Gasteiger partial charge in [-0.25, -0.2) is 4.79 Å². The standard InChI is InChI=1S/C10H12N2O2/c1-2-10(13)14-6-4-8-3-5-12-7-9(8)11/h2-3,5,7H,1,4,6,11H2. The highest BCUT2D eigenvalue weighted by atomic mass is 16.5. The molecule has 0 aromatic carbocycles. The molecule has 0 radical (unpaired) electrons. The molecule has 1 aromatic heterocycles. The highest BCUT2D eigenvalue weighted by Gasteiger charge is 2.00. The van der Waals surface area contributed by atoms with E-state index >= 15 is 0 Å². The Morgan fingerprint density at radius 1 is 1.71 bits per heavy atom. The van der Waals surface area contributed by atoms with Gasteiger partial charge in [0.05, 0.1) is 18.5 Å². The quantitative estimate of drug-likeness (QED) is 0.569. The first-order chi connectivity index (χ1) is 6.74. The molecule has 4 nitrogen and oxygen atoms in total. The number of nitrogens with zero attached hydrogens (tertiary/aromatic N) is 1. The fourth-order valence-corrected chi connectivity index (χ4v) is 0.984. The van der Waals surface area contributed by atoms with E-state index < -0.39 is 5.97 Å². The normalized spacial score (nSPS) is 9.43. The van der Waals surface area contributed by atoms with E-state index in [-0.39, 0.29) is 0 Å². The molecule has 0 saturated carbocycles. The van der Waals surface area contributed by atoms with E-state index in [1.807, 2.05) is 0 Å². The molecule has 0 aliphatic carbocycles. The van der Waals surface area contributed by atoms with Crippen LogP contribution in [0.5, 0.6) is 0 Å². The van der Waals surface area contributed by atoms with Crippen LogP contribution in [0, 0.1) is 0 Å². The molecule has 2 N–H and O–H groups in total. The summed E-state index contributed by atoms with van der Waals surface area (Å²) >= 11 is 0. The van der Waals surface area contributed by atoms with E-state index in [0.717, 1.165) is 11.6 Å². The number of esters is 1. The molecule has 0 atom stereocenters. The van der Waals surface area contributed by atoms with Crippen molar-refractivity contribution >= 4 is 11.7 Å². The van der Waals surface area contributed by atoms with Crippen molar-refractivity contribution in [3.05, 3.63) is 36.7 Å². The summed E-state index contributed by atoms with van der Waals surface area (Å²) < 4.78 is 4.82. The van der Waals surface area contributed by atoms with Crippen LogP contribution in [0.2, 0.25) is 0 Å². The molecular formula is C10H12N2O2. The first kappa shape index (κ1) is 10.2. The van der Waals surface area contributed by atoms with Crippen LogP contribution in [-0.2, 0) is 16.0 Å². The molecule has 1 aromatic rings. The SMILES string of the molecule is C=CC(=O)OCCc1ccncc1N. The molecular weight excluding hydrogens is 180 g/mol. The summed E-state index contributed by atoms with van der Waals surface area (Å²) in [5.74, 6) is -0.419. The zero-order valence-electron chi connectivity index (χ0n) is 7.77. The van der Waals surface area contributed by atoms with Crippen molar-refractivity contribution < 1.29 is 9.53 Å². The van der Waals surface area contributed by atoms with Gasteiger partial charge in [0, 0.05) is 18.7 Å². The summed E-state index contributed by atoms with van der Waals surface area (Å²) in [6, 6.07) is 1.80. The van der Waals surface area contributed by atoms with Crippen LogP contribution in [0.15, 0.2) is 31.1 Å². The number of nitrogen functional groups attached to an aromatic ring is 1. The average Bonchev–Trinajstić information content (AvgIpc) is 2.20. The summed E-state index contributed by atoms with van der Waals surface area (Å²) in [5.41, 5.74) is 7.19. The number of carbonyl (C=O) groups is 1. The number of anilines is 1. The van der Waals surface area contributed by atoms with Crippen molar-refractivity contribution in [3.8, 4) is 0 Å². The molecule has 0 amide bonds. The van der Waals surface area contributed by atoms with E-state index in [9.17, 15) is 4.79 Å². The van der Waals surface area contributed by atoms with Gasteiger partial charge in [-0.1, -0.05) is 6.58 Å². The predicted molar refractivity (Wildman–Crippen MR) is 53.5 cm³/mol. The van der Waals surface area contributed by atoms with Gasteiger partial charge in [-0.15, -0.1) is 0 Å². The average molecular weight is 192 g/mol. The Morgan fingerprint density at radius 3 is 3.14 bits per heavy atom. The monoisotopic (exact) mass is 192 g/mol. The molecule has 0 spiro atoms. The highest BCUT2D eigenvalue weighted by molar-refractivity contribution is 5.81. The maximum atomic E-state index is 10.7. The number of carbonyl (C=O) groups excluding carboxylic acids is 1. The van der Waals surface area contributed by atoms with Crippen LogP contribution in [0.3, 0.4) is 0 Å². The molecule has 0 fully saturated rings. The Labute approximate surface area is 82.4 Å². The van der Waals surface area contributed by atoms with Crippen molar-refractivity contribution in [1.29, 1.82) is 0 Å². The van der Waals surface area contributed by atoms with Crippen LogP contribution in [-0.4, -0.2) is 17.6 Å². The maximum Gasteiger partial charge on any atom is 0.330 e. The maximum absolute atomic E-state index is 10.7. The van der Waals surface area contributed by atoms with Gasteiger partial charge in [0.25, 0.3) is 0 Å². The van der Waals surface area contributed by atoms with Crippen molar-refractivity contribution in [1.82, 2.24) is 4.98 Å². The number of hydrogen-bond donors (Lipinski definition) is 1. The number of ether oxygens (including phenoxy) is 1. The van der Waals surface area contributed by atoms with Gasteiger partial charge in [0.2, 0.25) is 0 Å². The summed E-state index contributed by atoms with van der Waals surface area (Å²) in [6.45, 7) is 3.60. The third-order valence-electron chi connectivity index (χ3n) is 1.73. The fourth-order valence-electron chi connectivity index (χ4n) is 0.984. The largest absolute Gasteiger partial charge is 0.462 e. The third-order valence-corrected chi connectivity index (χ3v) is 1.73. The van der Waals surface area contributed by atoms with Crippen LogP contribution in [0.4, 0.5) is 5.69 Å². The van der Waals surface area contributed by atoms with Crippen LogP contribution < -0.4 is 5.73 Å². The molecule has 0 bridgehead atoms. The topological polar surface area (TPSA) is 65.2 Å². The Hall–Kier alpha value is -1.84. The van der Waals surface area contributed by atoms with Crippen molar-refractivity contribution in [2.45, 2.75) is 6.42 Å². The molecule has 0 saturated heterocycles. The second-order valence-electron chi connectivity index (χ2n) is 2.70. The summed E-state index contributed by atoms with van der Waals surface area (Å²) in [4.78, 5) is 14.6. The fraction of sp³-hybridized carbons (Fsp3) is 0.200. The molecule has 0 unspecified atom stereocenters. The third kappa shape index (κ3) is 2.90. The second kappa shape index (κ2) is 5.01. The first-order valence-corrected chi connectivity index (χ1v) is 4.21. The van der Waals surface area contributed by atoms with E-state index in [1.165, 1.54) is 0 Å². The van der Waals surface area contributed by atoms with Gasteiger partial charge in [0.1, 0.15) is 0 Å². The lowest BCUT2D eigenvalue weighted by Gasteiger charge is -2.04. The Kier molecular flexibility index (Phi) is 3.67. The second-order valence-corrected chi connectivity index (χ2v) is 2.70. The van der Waals surface area contributed by atoms with Gasteiger partial charge in [0.15, 0.2) is 0 Å². The van der Waals surface area contributed by atoms with E-state index in [0.29, 0.717) is 18.7 Å². The minimum Gasteiger partial charge on any atom is -0.462 e. The molecule has 1 rings (SSSR count). The van der Waals surface area contributed by atoms with Gasteiger partial charge in [-0.05, 0) is 11.6 Å². The predicted octanol–water partition coefficient (Wildman–Crippen LogP) is 0.935. The van der Waals surface area contributed by atoms with Crippen LogP contribution in [0.25, 0.3) is 0 Å². The molecule has 74 valence electrons. The van der Waals surface area contributed by atoms with Gasteiger partial charge in [-0.3, -0.25) is 4.98 Å². The van der Waals surface area contributed by atoms with Gasteiger partial charge < -0.3 is 10.5 Å². The molecule has 0 aliphatic heterocycles. The van der Waals surface area contributed by atoms with Gasteiger partial charge in [-0.2, -0.15) is 0 Å². The summed E-state index contributed by atoms with van der Waals surface area (Å²) in [7, 11) is 0. The van der Waals surface area contributed by atoms with Crippen molar-refractivity contribution in [2.75, 3.05) is 12.3 Å². The number of hydrogen-bond acceptors (Lipinski definition) is 4. The number of aromatic nitrogens is 1. The zero-order valence-corrected chi connectivity index (χ0v) is 7.77. The first-order valence-electron chi connectivity index (χ1n) is 4.21. The summed E-state index contributed by atoms with van der Waals surface area (Å²) in [6.07, 6.45) is 4.95. The molecule has 1 heterocycles. The van der Waals surface area contributed by atoms with E-state index in [4.69, 9.17) is 10.5 Å². The van der Waals surface area contributed by atoms with Gasteiger partial charge >= 0.3 is 5.97 Å².